The first-order valence-corrected chi connectivity index (χ1v) is 8.67. The lowest BCUT2D eigenvalue weighted by atomic mass is 10.1. The molecule has 0 aliphatic carbocycles. The molecule has 2 aromatic rings. The summed E-state index contributed by atoms with van der Waals surface area (Å²) in [5.74, 6) is -0.201. The van der Waals surface area contributed by atoms with Crippen LogP contribution < -0.4 is 5.73 Å². The summed E-state index contributed by atoms with van der Waals surface area (Å²) in [4.78, 5) is 16.6. The number of hydrogen-bond acceptors (Lipinski definition) is 3. The summed E-state index contributed by atoms with van der Waals surface area (Å²) in [5, 5.41) is 0. The fourth-order valence-corrected chi connectivity index (χ4v) is 3.21. The number of benzene rings is 2. The molecular weight excluding hydrogens is 317 g/mol. The minimum Gasteiger partial charge on any atom is -0.339 e. The van der Waals surface area contributed by atoms with Crippen LogP contribution in [-0.2, 0) is 17.8 Å². The van der Waals surface area contributed by atoms with Gasteiger partial charge in [0.2, 0.25) is 5.91 Å². The fourth-order valence-electron chi connectivity index (χ4n) is 3.21. The van der Waals surface area contributed by atoms with Crippen molar-refractivity contribution in [3.63, 3.8) is 0 Å². The first-order valence-electron chi connectivity index (χ1n) is 8.67. The predicted octanol–water partition coefficient (Wildman–Crippen LogP) is 2.04. The molecule has 1 unspecified atom stereocenters. The van der Waals surface area contributed by atoms with E-state index in [9.17, 15) is 9.18 Å². The average molecular weight is 341 g/mol. The molecule has 0 spiro atoms. The molecule has 1 amide bonds. The van der Waals surface area contributed by atoms with Gasteiger partial charge in [0, 0.05) is 32.7 Å². The minimum absolute atomic E-state index is 0.00857. The molecule has 0 bridgehead atoms. The molecule has 1 saturated heterocycles. The van der Waals surface area contributed by atoms with Gasteiger partial charge in [-0.3, -0.25) is 9.69 Å². The Morgan fingerprint density at radius 1 is 1.00 bits per heavy atom. The molecule has 132 valence electrons. The maximum absolute atomic E-state index is 13.3. The van der Waals surface area contributed by atoms with Crippen LogP contribution in [0, 0.1) is 5.82 Å². The standard InChI is InChI=1S/C20H24FN3O/c21-18-8-4-7-17(13-18)15-23-9-11-24(12-10-23)20(25)19(22)14-16-5-2-1-3-6-16/h1-8,13,19H,9-12,14-15,22H2. The molecule has 25 heavy (non-hydrogen) atoms. The summed E-state index contributed by atoms with van der Waals surface area (Å²) < 4.78 is 13.3. The van der Waals surface area contributed by atoms with Gasteiger partial charge in [-0.1, -0.05) is 42.5 Å². The SMILES string of the molecule is NC(Cc1ccccc1)C(=O)N1CCN(Cc2cccc(F)c2)CC1. The maximum Gasteiger partial charge on any atom is 0.239 e. The number of piperazine rings is 1. The molecule has 0 aromatic heterocycles. The second kappa shape index (κ2) is 8.23. The molecule has 1 fully saturated rings. The van der Waals surface area contributed by atoms with E-state index >= 15 is 0 Å². The Morgan fingerprint density at radius 2 is 1.68 bits per heavy atom. The molecule has 3 rings (SSSR count). The third kappa shape index (κ3) is 4.87. The van der Waals surface area contributed by atoms with Crippen LogP contribution in [0.2, 0.25) is 0 Å². The van der Waals surface area contributed by atoms with Gasteiger partial charge in [-0.2, -0.15) is 0 Å². The number of carbonyl (C=O) groups is 1. The van der Waals surface area contributed by atoms with Crippen molar-refractivity contribution in [2.24, 2.45) is 5.73 Å². The highest BCUT2D eigenvalue weighted by molar-refractivity contribution is 5.82. The smallest absolute Gasteiger partial charge is 0.239 e. The quantitative estimate of drug-likeness (QED) is 0.905. The number of nitrogens with zero attached hydrogens (tertiary/aromatic N) is 2. The number of rotatable bonds is 5. The van der Waals surface area contributed by atoms with Crippen LogP contribution in [0.15, 0.2) is 54.6 Å². The van der Waals surface area contributed by atoms with Crippen molar-refractivity contribution in [1.29, 1.82) is 0 Å². The molecule has 0 saturated carbocycles. The fraction of sp³-hybridized carbons (Fsp3) is 0.350. The molecule has 1 atom stereocenters. The van der Waals surface area contributed by atoms with Gasteiger partial charge in [0.25, 0.3) is 0 Å². The Kier molecular flexibility index (Phi) is 5.79. The van der Waals surface area contributed by atoms with Crippen molar-refractivity contribution in [2.45, 2.75) is 19.0 Å². The Hall–Kier alpha value is -2.24. The third-order valence-corrected chi connectivity index (χ3v) is 4.59. The molecule has 4 nitrogen and oxygen atoms in total. The van der Waals surface area contributed by atoms with Crippen molar-refractivity contribution in [3.8, 4) is 0 Å². The lowest BCUT2D eigenvalue weighted by Gasteiger charge is -2.36. The zero-order valence-electron chi connectivity index (χ0n) is 14.3. The van der Waals surface area contributed by atoms with E-state index in [1.807, 2.05) is 41.3 Å². The summed E-state index contributed by atoms with van der Waals surface area (Å²) in [6.45, 7) is 3.59. The Balaban J connectivity index is 1.49. The Bertz CT molecular complexity index is 699. The van der Waals surface area contributed by atoms with Crippen LogP contribution in [0.3, 0.4) is 0 Å². The minimum atomic E-state index is -0.503. The number of carbonyl (C=O) groups excluding carboxylic acids is 1. The lowest BCUT2D eigenvalue weighted by molar-refractivity contribution is -0.134. The van der Waals surface area contributed by atoms with Gasteiger partial charge in [-0.25, -0.2) is 4.39 Å². The molecule has 2 N–H and O–H groups in total. The summed E-state index contributed by atoms with van der Waals surface area (Å²) >= 11 is 0. The molecule has 0 radical (unpaired) electrons. The summed E-state index contributed by atoms with van der Waals surface area (Å²) in [6.07, 6.45) is 0.559. The van der Waals surface area contributed by atoms with E-state index in [-0.39, 0.29) is 11.7 Å². The number of nitrogens with two attached hydrogens (primary N) is 1. The molecule has 5 heteroatoms. The number of halogens is 1. The van der Waals surface area contributed by atoms with Crippen LogP contribution in [0.25, 0.3) is 0 Å². The van der Waals surface area contributed by atoms with E-state index in [0.29, 0.717) is 26.1 Å². The van der Waals surface area contributed by atoms with Crippen LogP contribution in [0.5, 0.6) is 0 Å². The molecular formula is C20H24FN3O. The van der Waals surface area contributed by atoms with E-state index in [0.717, 1.165) is 24.2 Å². The Morgan fingerprint density at radius 3 is 2.36 bits per heavy atom. The topological polar surface area (TPSA) is 49.6 Å². The van der Waals surface area contributed by atoms with Crippen LogP contribution in [0.1, 0.15) is 11.1 Å². The summed E-state index contributed by atoms with van der Waals surface area (Å²) in [6, 6.07) is 16.0. The first kappa shape index (κ1) is 17.6. The van der Waals surface area contributed by atoms with Crippen molar-refractivity contribution in [3.05, 3.63) is 71.5 Å². The maximum atomic E-state index is 13.3. The zero-order chi connectivity index (χ0) is 17.6. The van der Waals surface area contributed by atoms with Crippen molar-refractivity contribution in [2.75, 3.05) is 26.2 Å². The van der Waals surface area contributed by atoms with Crippen molar-refractivity contribution in [1.82, 2.24) is 9.80 Å². The third-order valence-electron chi connectivity index (χ3n) is 4.59. The molecule has 1 aliphatic rings. The lowest BCUT2D eigenvalue weighted by Crippen LogP contribution is -2.53. The highest BCUT2D eigenvalue weighted by Gasteiger charge is 2.25. The zero-order valence-corrected chi connectivity index (χ0v) is 14.3. The van der Waals surface area contributed by atoms with E-state index in [1.54, 1.807) is 12.1 Å². The van der Waals surface area contributed by atoms with Crippen molar-refractivity contribution < 1.29 is 9.18 Å². The van der Waals surface area contributed by atoms with E-state index < -0.39 is 6.04 Å². The summed E-state index contributed by atoms with van der Waals surface area (Å²) in [7, 11) is 0. The largest absolute Gasteiger partial charge is 0.339 e. The number of hydrogen-bond donors (Lipinski definition) is 1. The van der Waals surface area contributed by atoms with Gasteiger partial charge < -0.3 is 10.6 Å². The van der Waals surface area contributed by atoms with Gasteiger partial charge in [0.05, 0.1) is 6.04 Å². The van der Waals surface area contributed by atoms with Gasteiger partial charge in [-0.05, 0) is 29.7 Å². The molecule has 2 aromatic carbocycles. The normalized spacial score (nSPS) is 16.6. The van der Waals surface area contributed by atoms with Gasteiger partial charge >= 0.3 is 0 Å². The van der Waals surface area contributed by atoms with E-state index in [1.165, 1.54) is 6.07 Å². The van der Waals surface area contributed by atoms with Crippen LogP contribution in [0.4, 0.5) is 4.39 Å². The van der Waals surface area contributed by atoms with Crippen LogP contribution in [-0.4, -0.2) is 47.9 Å². The average Bonchev–Trinajstić information content (AvgIpc) is 2.62. The monoisotopic (exact) mass is 341 g/mol. The first-order chi connectivity index (χ1) is 12.1. The highest BCUT2D eigenvalue weighted by atomic mass is 19.1. The van der Waals surface area contributed by atoms with Crippen molar-refractivity contribution >= 4 is 5.91 Å². The predicted molar refractivity (Wildman–Crippen MR) is 96.4 cm³/mol. The van der Waals surface area contributed by atoms with E-state index in [4.69, 9.17) is 5.73 Å². The van der Waals surface area contributed by atoms with Gasteiger partial charge in [0.15, 0.2) is 0 Å². The summed E-state index contributed by atoms with van der Waals surface area (Å²) in [5.41, 5.74) is 8.14. The Labute approximate surface area is 148 Å². The highest BCUT2D eigenvalue weighted by Crippen LogP contribution is 2.11. The number of amides is 1. The van der Waals surface area contributed by atoms with E-state index in [2.05, 4.69) is 4.90 Å². The van der Waals surface area contributed by atoms with Crippen LogP contribution >= 0.6 is 0 Å². The molecule has 1 aliphatic heterocycles. The second-order valence-corrected chi connectivity index (χ2v) is 6.53. The van der Waals surface area contributed by atoms with Gasteiger partial charge in [0.1, 0.15) is 5.82 Å². The molecule has 1 heterocycles. The van der Waals surface area contributed by atoms with Gasteiger partial charge in [-0.15, -0.1) is 0 Å². The second-order valence-electron chi connectivity index (χ2n) is 6.53.